The number of aliphatic imine (C=N–C) groups is 1. The molecule has 0 aliphatic carbocycles. The maximum atomic E-state index is 11.8. The summed E-state index contributed by atoms with van der Waals surface area (Å²) in [6, 6.07) is 4.25. The van der Waals surface area contributed by atoms with E-state index in [-0.39, 0.29) is 18.6 Å². The number of guanidine groups is 1. The zero-order valence-electron chi connectivity index (χ0n) is 15.5. The van der Waals surface area contributed by atoms with Crippen LogP contribution in [0.15, 0.2) is 22.5 Å². The molecule has 2 unspecified atom stereocenters. The Kier molecular flexibility index (Phi) is 8.21. The SMILES string of the molecule is CC(CNC(=NCC(=O)N(C)C)NCC1CCCO1)Cc1cccs1. The summed E-state index contributed by atoms with van der Waals surface area (Å²) in [5, 5.41) is 8.79. The van der Waals surface area contributed by atoms with Crippen LogP contribution in [-0.2, 0) is 16.0 Å². The van der Waals surface area contributed by atoms with Gasteiger partial charge in [-0.1, -0.05) is 13.0 Å². The highest BCUT2D eigenvalue weighted by Crippen LogP contribution is 2.14. The van der Waals surface area contributed by atoms with Gasteiger partial charge in [-0.15, -0.1) is 11.3 Å². The molecular weight excluding hydrogens is 336 g/mol. The van der Waals surface area contributed by atoms with Crippen molar-refractivity contribution in [3.05, 3.63) is 22.4 Å². The minimum Gasteiger partial charge on any atom is -0.376 e. The number of rotatable bonds is 8. The van der Waals surface area contributed by atoms with Gasteiger partial charge in [0.1, 0.15) is 6.54 Å². The maximum Gasteiger partial charge on any atom is 0.243 e. The molecule has 2 rings (SSSR count). The van der Waals surface area contributed by atoms with Gasteiger partial charge in [-0.3, -0.25) is 4.79 Å². The van der Waals surface area contributed by atoms with Crippen molar-refractivity contribution in [1.82, 2.24) is 15.5 Å². The fourth-order valence-electron chi connectivity index (χ4n) is 2.59. The van der Waals surface area contributed by atoms with Crippen LogP contribution in [0.2, 0.25) is 0 Å². The monoisotopic (exact) mass is 366 g/mol. The number of hydrogen-bond acceptors (Lipinski definition) is 4. The Morgan fingerprint density at radius 3 is 2.96 bits per heavy atom. The van der Waals surface area contributed by atoms with E-state index in [1.165, 1.54) is 4.88 Å². The zero-order chi connectivity index (χ0) is 18.1. The first-order valence-corrected chi connectivity index (χ1v) is 9.79. The van der Waals surface area contributed by atoms with Crippen molar-refractivity contribution in [2.24, 2.45) is 10.9 Å². The molecular formula is C18H30N4O2S. The Balaban J connectivity index is 1.83. The van der Waals surface area contributed by atoms with Gasteiger partial charge < -0.3 is 20.3 Å². The van der Waals surface area contributed by atoms with Crippen LogP contribution in [0.5, 0.6) is 0 Å². The molecule has 0 radical (unpaired) electrons. The lowest BCUT2D eigenvalue weighted by molar-refractivity contribution is -0.127. The Hall–Kier alpha value is -1.60. The van der Waals surface area contributed by atoms with Gasteiger partial charge in [0.05, 0.1) is 6.10 Å². The van der Waals surface area contributed by atoms with Crippen LogP contribution in [0.1, 0.15) is 24.6 Å². The molecule has 0 spiro atoms. The standard InChI is InChI=1S/C18H30N4O2S/c1-14(10-16-7-5-9-25-16)11-19-18(21-13-17(23)22(2)3)20-12-15-6-4-8-24-15/h5,7,9,14-15H,4,6,8,10-13H2,1-3H3,(H2,19,20,21). The first-order valence-electron chi connectivity index (χ1n) is 8.91. The van der Waals surface area contributed by atoms with Gasteiger partial charge in [0.25, 0.3) is 0 Å². The summed E-state index contributed by atoms with van der Waals surface area (Å²) < 4.78 is 5.64. The molecule has 2 atom stereocenters. The molecule has 1 aliphatic heterocycles. The molecule has 1 saturated heterocycles. The summed E-state index contributed by atoms with van der Waals surface area (Å²) in [6.07, 6.45) is 3.47. The zero-order valence-corrected chi connectivity index (χ0v) is 16.3. The van der Waals surface area contributed by atoms with Gasteiger partial charge in [-0.2, -0.15) is 0 Å². The van der Waals surface area contributed by atoms with Crippen LogP contribution in [0, 0.1) is 5.92 Å². The third kappa shape index (κ3) is 7.44. The summed E-state index contributed by atoms with van der Waals surface area (Å²) in [4.78, 5) is 19.2. The van der Waals surface area contributed by atoms with Crippen LogP contribution >= 0.6 is 11.3 Å². The van der Waals surface area contributed by atoms with Gasteiger partial charge in [0.15, 0.2) is 5.96 Å². The van der Waals surface area contributed by atoms with Crippen molar-refractivity contribution in [2.75, 3.05) is 40.3 Å². The number of amides is 1. The normalized spacial score (nSPS) is 18.8. The first-order chi connectivity index (χ1) is 12.0. The fourth-order valence-corrected chi connectivity index (χ4v) is 3.46. The van der Waals surface area contributed by atoms with Crippen molar-refractivity contribution >= 4 is 23.2 Å². The number of nitrogens with one attached hydrogen (secondary N) is 2. The Bertz CT molecular complexity index is 539. The van der Waals surface area contributed by atoms with Crippen LogP contribution in [-0.4, -0.2) is 63.2 Å². The van der Waals surface area contributed by atoms with E-state index in [0.717, 1.165) is 39.0 Å². The molecule has 1 aromatic heterocycles. The minimum atomic E-state index is -0.00940. The number of likely N-dealkylation sites (N-methyl/N-ethyl adjacent to an activating group) is 1. The molecule has 1 amide bonds. The second kappa shape index (κ2) is 10.4. The van der Waals surface area contributed by atoms with E-state index in [0.29, 0.717) is 11.9 Å². The summed E-state index contributed by atoms with van der Waals surface area (Å²) in [6.45, 7) is 4.73. The summed E-state index contributed by atoms with van der Waals surface area (Å²) >= 11 is 1.79. The van der Waals surface area contributed by atoms with E-state index in [4.69, 9.17) is 4.74 Å². The summed E-state index contributed by atoms with van der Waals surface area (Å²) in [7, 11) is 3.49. The topological polar surface area (TPSA) is 66.0 Å². The van der Waals surface area contributed by atoms with E-state index in [1.807, 2.05) is 0 Å². The maximum absolute atomic E-state index is 11.8. The van der Waals surface area contributed by atoms with Crippen LogP contribution in [0.3, 0.4) is 0 Å². The predicted molar refractivity (Wildman–Crippen MR) is 103 cm³/mol. The lowest BCUT2D eigenvalue weighted by atomic mass is 10.1. The molecule has 2 N–H and O–H groups in total. The molecule has 7 heteroatoms. The molecule has 2 heterocycles. The summed E-state index contributed by atoms with van der Waals surface area (Å²) in [5.74, 6) is 1.16. The van der Waals surface area contributed by atoms with Crippen molar-refractivity contribution in [3.63, 3.8) is 0 Å². The fraction of sp³-hybridized carbons (Fsp3) is 0.667. The molecule has 1 fully saturated rings. The lowest BCUT2D eigenvalue weighted by Gasteiger charge is -2.18. The van der Waals surface area contributed by atoms with Gasteiger partial charge >= 0.3 is 0 Å². The quantitative estimate of drug-likeness (QED) is 0.543. The highest BCUT2D eigenvalue weighted by molar-refractivity contribution is 7.09. The van der Waals surface area contributed by atoms with E-state index in [2.05, 4.69) is 40.1 Å². The molecule has 6 nitrogen and oxygen atoms in total. The number of carbonyl (C=O) groups is 1. The molecule has 1 aliphatic rings. The molecule has 140 valence electrons. The molecule has 0 saturated carbocycles. The minimum absolute atomic E-state index is 0.00940. The number of carbonyl (C=O) groups excluding carboxylic acids is 1. The highest BCUT2D eigenvalue weighted by Gasteiger charge is 2.16. The second-order valence-electron chi connectivity index (χ2n) is 6.74. The van der Waals surface area contributed by atoms with Crippen molar-refractivity contribution in [3.8, 4) is 0 Å². The van der Waals surface area contributed by atoms with Crippen molar-refractivity contribution < 1.29 is 9.53 Å². The third-order valence-electron chi connectivity index (χ3n) is 4.14. The summed E-state index contributed by atoms with van der Waals surface area (Å²) in [5.41, 5.74) is 0. The van der Waals surface area contributed by atoms with Crippen LogP contribution in [0.25, 0.3) is 0 Å². The van der Waals surface area contributed by atoms with Crippen molar-refractivity contribution in [2.45, 2.75) is 32.3 Å². The number of ether oxygens (including phenoxy) is 1. The average Bonchev–Trinajstić information content (AvgIpc) is 3.27. The van der Waals surface area contributed by atoms with E-state index in [9.17, 15) is 4.79 Å². The highest BCUT2D eigenvalue weighted by atomic mass is 32.1. The third-order valence-corrected chi connectivity index (χ3v) is 5.04. The molecule has 0 bridgehead atoms. The average molecular weight is 367 g/mol. The molecule has 25 heavy (non-hydrogen) atoms. The van der Waals surface area contributed by atoms with E-state index in [1.54, 1.807) is 30.3 Å². The van der Waals surface area contributed by atoms with Crippen LogP contribution < -0.4 is 10.6 Å². The molecule has 1 aromatic rings. The number of thiophene rings is 1. The molecule has 0 aromatic carbocycles. The van der Waals surface area contributed by atoms with E-state index < -0.39 is 0 Å². The Morgan fingerprint density at radius 2 is 2.32 bits per heavy atom. The Morgan fingerprint density at radius 1 is 1.48 bits per heavy atom. The number of hydrogen-bond donors (Lipinski definition) is 2. The van der Waals surface area contributed by atoms with E-state index >= 15 is 0 Å². The first kappa shape index (κ1) is 19.7. The van der Waals surface area contributed by atoms with Gasteiger partial charge in [0.2, 0.25) is 5.91 Å². The number of nitrogens with zero attached hydrogens (tertiary/aromatic N) is 2. The van der Waals surface area contributed by atoms with Crippen molar-refractivity contribution in [1.29, 1.82) is 0 Å². The smallest absolute Gasteiger partial charge is 0.243 e. The van der Waals surface area contributed by atoms with Gasteiger partial charge in [-0.05, 0) is 36.6 Å². The Labute approximate surface area is 154 Å². The lowest BCUT2D eigenvalue weighted by Crippen LogP contribution is -2.43. The largest absolute Gasteiger partial charge is 0.376 e. The van der Waals surface area contributed by atoms with Gasteiger partial charge in [-0.25, -0.2) is 4.99 Å². The second-order valence-corrected chi connectivity index (χ2v) is 7.77. The van der Waals surface area contributed by atoms with Gasteiger partial charge in [0, 0.05) is 38.7 Å². The van der Waals surface area contributed by atoms with Crippen LogP contribution in [0.4, 0.5) is 0 Å². The predicted octanol–water partition coefficient (Wildman–Crippen LogP) is 1.73.